The fourth-order valence-electron chi connectivity index (χ4n) is 14.0. The van der Waals surface area contributed by atoms with Crippen molar-refractivity contribution in [1.29, 1.82) is 0 Å². The minimum atomic E-state index is -0.323. The molecule has 0 amide bonds. The number of para-hydroxylation sites is 2. The molecule has 0 saturated heterocycles. The van der Waals surface area contributed by atoms with E-state index in [0.29, 0.717) is 0 Å². The molecule has 14 rings (SSSR count). The van der Waals surface area contributed by atoms with E-state index >= 15 is 0 Å². The summed E-state index contributed by atoms with van der Waals surface area (Å²) in [7, 11) is 0. The predicted octanol–water partition coefficient (Wildman–Crippen LogP) is 17.2. The molecule has 1 atom stereocenters. The van der Waals surface area contributed by atoms with Crippen LogP contribution in [-0.2, 0) is 28.1 Å². The standard InChI is InChI=1S/C66H56N2O2/c1-37-47-35-54-48(36-53(47)63(2,3)49(37)27-24-42-32-38-16-10-14-20-55(38)69-42)43-25-22-40(33-51(43)64(54,4)5)68(39-28-30-67-31-29-39)41-23-26-45-52(34-41)66(8,9)61-59(45)62-58(46-18-12-15-21-56(46)70-62)57-44-17-11-13-19-50(44)65(6,7)60(57)61/h10-31,33-37H,32H2,1-9H3/b42-24+,49-27+. The number of furan rings is 1. The number of benzene rings is 7. The fraction of sp³-hybridized carbons (Fsp3) is 0.227. The molecule has 4 nitrogen and oxygen atoms in total. The van der Waals surface area contributed by atoms with Gasteiger partial charge in [0.1, 0.15) is 22.7 Å². The van der Waals surface area contributed by atoms with E-state index in [4.69, 9.17) is 9.15 Å². The highest BCUT2D eigenvalue weighted by atomic mass is 16.5. The number of fused-ring (bicyclic) bond motifs is 17. The zero-order chi connectivity index (χ0) is 47.8. The van der Waals surface area contributed by atoms with E-state index in [1.165, 1.54) is 99.8 Å². The predicted molar refractivity (Wildman–Crippen MR) is 287 cm³/mol. The number of allylic oxidation sites excluding steroid dienone is 4. The second-order valence-electron chi connectivity index (χ2n) is 22.7. The fourth-order valence-corrected chi connectivity index (χ4v) is 14.0. The molecular formula is C66H56N2O2. The largest absolute Gasteiger partial charge is 0.461 e. The molecule has 0 bridgehead atoms. The van der Waals surface area contributed by atoms with E-state index in [9.17, 15) is 0 Å². The van der Waals surface area contributed by atoms with Gasteiger partial charge in [0.2, 0.25) is 0 Å². The molecule has 1 aliphatic heterocycles. The zero-order valence-electron chi connectivity index (χ0n) is 41.5. The molecule has 7 aromatic carbocycles. The topological polar surface area (TPSA) is 38.5 Å². The molecule has 0 saturated carbocycles. The molecule has 0 radical (unpaired) electrons. The molecule has 4 heteroatoms. The lowest BCUT2D eigenvalue weighted by Crippen LogP contribution is -2.24. The average Bonchev–Trinajstić information content (AvgIpc) is 4.15. The van der Waals surface area contributed by atoms with Gasteiger partial charge < -0.3 is 14.1 Å². The van der Waals surface area contributed by atoms with E-state index in [1.54, 1.807) is 0 Å². The van der Waals surface area contributed by atoms with Crippen LogP contribution < -0.4 is 9.64 Å². The Bertz CT molecular complexity index is 3830. The SMILES string of the molecule is CC1/C(=C\C=C2/Cc3ccccc3O2)C(C)(C)c2cc3c(cc21)C(C)(C)c1cc(N(c2ccncc2)c2ccc4c(c2)C(C)(C)c2c5c(c6c(oc7ccccc76)c2-4)-c2ccccc2C5(C)C)ccc1-3. The van der Waals surface area contributed by atoms with E-state index in [-0.39, 0.29) is 27.6 Å². The highest BCUT2D eigenvalue weighted by molar-refractivity contribution is 6.20. The van der Waals surface area contributed by atoms with Crippen molar-refractivity contribution in [3.05, 3.63) is 219 Å². The van der Waals surface area contributed by atoms with Crippen LogP contribution in [0, 0.1) is 0 Å². The zero-order valence-corrected chi connectivity index (χ0v) is 41.5. The van der Waals surface area contributed by atoms with Crippen molar-refractivity contribution in [3.63, 3.8) is 0 Å². The van der Waals surface area contributed by atoms with Gasteiger partial charge in [0.05, 0.1) is 0 Å². The van der Waals surface area contributed by atoms with E-state index in [2.05, 4.69) is 212 Å². The first-order chi connectivity index (χ1) is 33.7. The van der Waals surface area contributed by atoms with Crippen LogP contribution >= 0.6 is 0 Å². The third kappa shape index (κ3) is 5.34. The van der Waals surface area contributed by atoms with Crippen molar-refractivity contribution < 1.29 is 9.15 Å². The van der Waals surface area contributed by atoms with Gasteiger partial charge in [-0.05, 0) is 133 Å². The molecule has 0 N–H and O–H groups in total. The highest BCUT2D eigenvalue weighted by Crippen LogP contribution is 2.64. The Morgan fingerprint density at radius 3 is 1.97 bits per heavy atom. The summed E-state index contributed by atoms with van der Waals surface area (Å²) in [6.45, 7) is 21.7. The van der Waals surface area contributed by atoms with Crippen LogP contribution in [0.5, 0.6) is 5.75 Å². The lowest BCUT2D eigenvalue weighted by atomic mass is 9.72. The molecule has 4 aliphatic carbocycles. The third-order valence-corrected chi connectivity index (χ3v) is 17.5. The summed E-state index contributed by atoms with van der Waals surface area (Å²) in [6, 6.07) is 49.7. The van der Waals surface area contributed by atoms with Crippen molar-refractivity contribution in [2.75, 3.05) is 4.90 Å². The quantitative estimate of drug-likeness (QED) is 0.176. The summed E-state index contributed by atoms with van der Waals surface area (Å²) < 4.78 is 13.3. The number of hydrogen-bond donors (Lipinski definition) is 0. The maximum absolute atomic E-state index is 7.02. The molecule has 1 unspecified atom stereocenters. The van der Waals surface area contributed by atoms with Crippen LogP contribution in [0.3, 0.4) is 0 Å². The Balaban J connectivity index is 0.888. The Kier molecular flexibility index (Phi) is 8.24. The summed E-state index contributed by atoms with van der Waals surface area (Å²) in [5.41, 5.74) is 26.0. The molecular weight excluding hydrogens is 853 g/mol. The van der Waals surface area contributed by atoms with Gasteiger partial charge in [-0.3, -0.25) is 4.98 Å². The Hall–Kier alpha value is -7.43. The first-order valence-corrected chi connectivity index (χ1v) is 25.1. The first kappa shape index (κ1) is 41.5. The summed E-state index contributed by atoms with van der Waals surface area (Å²) in [6.07, 6.45) is 9.22. The van der Waals surface area contributed by atoms with Crippen molar-refractivity contribution in [2.24, 2.45) is 0 Å². The molecule has 0 spiro atoms. The molecule has 342 valence electrons. The van der Waals surface area contributed by atoms with Gasteiger partial charge >= 0.3 is 0 Å². The van der Waals surface area contributed by atoms with Crippen molar-refractivity contribution in [3.8, 4) is 39.1 Å². The summed E-state index contributed by atoms with van der Waals surface area (Å²) >= 11 is 0. The Labute approximate surface area is 411 Å². The monoisotopic (exact) mass is 908 g/mol. The van der Waals surface area contributed by atoms with Crippen molar-refractivity contribution in [2.45, 2.75) is 96.3 Å². The molecule has 2 aromatic heterocycles. The Morgan fingerprint density at radius 1 is 0.543 bits per heavy atom. The number of hydrogen-bond acceptors (Lipinski definition) is 4. The maximum atomic E-state index is 7.02. The minimum Gasteiger partial charge on any atom is -0.461 e. The molecule has 9 aromatic rings. The summed E-state index contributed by atoms with van der Waals surface area (Å²) in [5.74, 6) is 2.27. The van der Waals surface area contributed by atoms with Gasteiger partial charge in [-0.1, -0.05) is 153 Å². The lowest BCUT2D eigenvalue weighted by molar-refractivity contribution is 0.446. The summed E-state index contributed by atoms with van der Waals surface area (Å²) in [4.78, 5) is 6.92. The van der Waals surface area contributed by atoms with Gasteiger partial charge in [0, 0.05) is 85.4 Å². The third-order valence-electron chi connectivity index (χ3n) is 17.5. The first-order valence-electron chi connectivity index (χ1n) is 25.1. The lowest BCUT2D eigenvalue weighted by Gasteiger charge is -2.32. The number of nitrogens with zero attached hydrogens (tertiary/aromatic N) is 2. The van der Waals surface area contributed by atoms with Gasteiger partial charge in [0.15, 0.2) is 0 Å². The van der Waals surface area contributed by atoms with E-state index in [0.717, 1.165) is 46.2 Å². The summed E-state index contributed by atoms with van der Waals surface area (Å²) in [5, 5.41) is 2.41. The number of anilines is 3. The van der Waals surface area contributed by atoms with Gasteiger partial charge in [-0.15, -0.1) is 0 Å². The van der Waals surface area contributed by atoms with Crippen molar-refractivity contribution >= 4 is 39.0 Å². The van der Waals surface area contributed by atoms with Gasteiger partial charge in [-0.25, -0.2) is 0 Å². The molecule has 5 aliphatic rings. The number of rotatable bonds is 4. The number of ether oxygens (including phenoxy) is 1. The number of aromatic nitrogens is 1. The Morgan fingerprint density at radius 2 is 1.19 bits per heavy atom. The second kappa shape index (κ2) is 13.9. The second-order valence-corrected chi connectivity index (χ2v) is 22.7. The van der Waals surface area contributed by atoms with Crippen LogP contribution in [0.2, 0.25) is 0 Å². The molecule has 70 heavy (non-hydrogen) atoms. The highest BCUT2D eigenvalue weighted by Gasteiger charge is 2.49. The van der Waals surface area contributed by atoms with Crippen LogP contribution in [0.1, 0.15) is 118 Å². The van der Waals surface area contributed by atoms with Gasteiger partial charge in [-0.2, -0.15) is 0 Å². The minimum absolute atomic E-state index is 0.131. The number of pyridine rings is 1. The maximum Gasteiger partial charge on any atom is 0.144 e. The van der Waals surface area contributed by atoms with Crippen LogP contribution in [0.4, 0.5) is 17.1 Å². The van der Waals surface area contributed by atoms with Crippen LogP contribution in [-0.4, -0.2) is 4.98 Å². The normalized spacial score (nSPS) is 19.6. The van der Waals surface area contributed by atoms with Crippen molar-refractivity contribution in [1.82, 2.24) is 4.98 Å². The molecule has 3 heterocycles. The van der Waals surface area contributed by atoms with Crippen LogP contribution in [0.15, 0.2) is 174 Å². The smallest absolute Gasteiger partial charge is 0.144 e. The van der Waals surface area contributed by atoms with E-state index < -0.39 is 0 Å². The average molecular weight is 909 g/mol. The van der Waals surface area contributed by atoms with E-state index in [1.807, 2.05) is 18.5 Å². The van der Waals surface area contributed by atoms with Gasteiger partial charge in [0.25, 0.3) is 0 Å². The molecule has 0 fully saturated rings. The van der Waals surface area contributed by atoms with Crippen LogP contribution in [0.25, 0.3) is 55.3 Å².